The van der Waals surface area contributed by atoms with Crippen LogP contribution in [0.5, 0.6) is 0 Å². The second kappa shape index (κ2) is 7.59. The van der Waals surface area contributed by atoms with Gasteiger partial charge in [0.2, 0.25) is 5.89 Å². The van der Waals surface area contributed by atoms with E-state index in [9.17, 15) is 4.79 Å². The van der Waals surface area contributed by atoms with Crippen molar-refractivity contribution in [3.63, 3.8) is 0 Å². The first-order valence-electron chi connectivity index (χ1n) is 8.04. The van der Waals surface area contributed by atoms with Gasteiger partial charge in [0.15, 0.2) is 5.82 Å². The number of carbonyl (C=O) groups excluding carboxylic acids is 1. The Labute approximate surface area is 140 Å². The third-order valence-corrected chi connectivity index (χ3v) is 3.69. The van der Waals surface area contributed by atoms with Crippen LogP contribution in [-0.4, -0.2) is 27.2 Å². The van der Waals surface area contributed by atoms with E-state index in [2.05, 4.69) is 20.0 Å². The Kier molecular flexibility index (Phi) is 5.05. The van der Waals surface area contributed by atoms with Gasteiger partial charge in [-0.1, -0.05) is 24.2 Å². The van der Waals surface area contributed by atoms with Crippen molar-refractivity contribution in [3.05, 3.63) is 71.6 Å². The predicted molar refractivity (Wildman–Crippen MR) is 89.7 cm³/mol. The lowest BCUT2D eigenvalue weighted by Gasteiger charge is -2.06. The normalized spacial score (nSPS) is 10.7. The maximum Gasteiger partial charge on any atom is 0.251 e. The van der Waals surface area contributed by atoms with E-state index in [0.29, 0.717) is 36.7 Å². The van der Waals surface area contributed by atoms with Gasteiger partial charge < -0.3 is 14.4 Å². The summed E-state index contributed by atoms with van der Waals surface area (Å²) in [5, 5.41) is 6.74. The van der Waals surface area contributed by atoms with Crippen LogP contribution in [0.2, 0.25) is 0 Å². The van der Waals surface area contributed by atoms with Crippen molar-refractivity contribution in [2.24, 2.45) is 0 Å². The maximum absolute atomic E-state index is 12.1. The molecule has 0 saturated heterocycles. The number of rotatable bonds is 7. The monoisotopic (exact) mass is 324 g/mol. The van der Waals surface area contributed by atoms with E-state index in [-0.39, 0.29) is 5.91 Å². The van der Waals surface area contributed by atoms with E-state index < -0.39 is 0 Å². The first kappa shape index (κ1) is 16.0. The zero-order valence-electron chi connectivity index (χ0n) is 13.6. The zero-order chi connectivity index (χ0) is 16.8. The average Bonchev–Trinajstić information content (AvgIpc) is 3.27. The second-order valence-electron chi connectivity index (χ2n) is 5.52. The van der Waals surface area contributed by atoms with Crippen LogP contribution in [0.25, 0.3) is 0 Å². The summed E-state index contributed by atoms with van der Waals surface area (Å²) in [6, 6.07) is 11.6. The molecule has 6 heteroatoms. The molecule has 0 bridgehead atoms. The number of benzene rings is 1. The lowest BCUT2D eigenvalue weighted by molar-refractivity contribution is 0.0954. The Hall–Kier alpha value is -2.89. The fourth-order valence-corrected chi connectivity index (χ4v) is 2.37. The van der Waals surface area contributed by atoms with Crippen LogP contribution in [0.4, 0.5) is 0 Å². The molecule has 0 fully saturated rings. The molecule has 1 aromatic carbocycles. The molecular formula is C18H20N4O2. The number of hydrogen-bond acceptors (Lipinski definition) is 4. The molecule has 0 saturated carbocycles. The topological polar surface area (TPSA) is 73.0 Å². The third-order valence-electron chi connectivity index (χ3n) is 3.69. The number of nitrogens with zero attached hydrogens (tertiary/aromatic N) is 3. The van der Waals surface area contributed by atoms with Gasteiger partial charge >= 0.3 is 0 Å². The van der Waals surface area contributed by atoms with Crippen LogP contribution in [0, 0.1) is 0 Å². The lowest BCUT2D eigenvalue weighted by atomic mass is 10.1. The van der Waals surface area contributed by atoms with E-state index in [1.54, 1.807) is 0 Å². The fourth-order valence-electron chi connectivity index (χ4n) is 2.37. The van der Waals surface area contributed by atoms with Crippen molar-refractivity contribution in [3.8, 4) is 0 Å². The molecule has 0 atom stereocenters. The standard InChI is InChI=1S/C18H20N4O2/c1-2-17-20-16(21-24-17)9-10-19-18(23)15-7-5-14(6-8-15)13-22-11-3-4-12-22/h3-8,11-12H,2,9-10,13H2,1H3,(H,19,23). The van der Waals surface area contributed by atoms with E-state index in [4.69, 9.17) is 4.52 Å². The molecule has 0 aliphatic rings. The molecule has 1 amide bonds. The van der Waals surface area contributed by atoms with Gasteiger partial charge in [0.25, 0.3) is 5.91 Å². The fraction of sp³-hybridized carbons (Fsp3) is 0.278. The predicted octanol–water partition coefficient (Wildman–Crippen LogP) is 2.45. The molecule has 0 unspecified atom stereocenters. The Balaban J connectivity index is 1.49. The minimum absolute atomic E-state index is 0.0956. The van der Waals surface area contributed by atoms with Gasteiger partial charge in [-0.2, -0.15) is 4.98 Å². The van der Waals surface area contributed by atoms with Crippen LogP contribution in [0.3, 0.4) is 0 Å². The highest BCUT2D eigenvalue weighted by molar-refractivity contribution is 5.94. The summed E-state index contributed by atoms with van der Waals surface area (Å²) < 4.78 is 7.12. The SMILES string of the molecule is CCc1nc(CCNC(=O)c2ccc(Cn3cccc3)cc2)no1. The van der Waals surface area contributed by atoms with Crippen molar-refractivity contribution in [2.45, 2.75) is 26.3 Å². The summed E-state index contributed by atoms with van der Waals surface area (Å²) in [6.45, 7) is 3.23. The molecule has 0 spiro atoms. The summed E-state index contributed by atoms with van der Waals surface area (Å²) in [5.74, 6) is 1.14. The summed E-state index contributed by atoms with van der Waals surface area (Å²) in [4.78, 5) is 16.4. The Morgan fingerprint density at radius 3 is 2.62 bits per heavy atom. The molecule has 0 aliphatic heterocycles. The van der Waals surface area contributed by atoms with Gasteiger partial charge in [0.05, 0.1) is 0 Å². The molecule has 2 heterocycles. The number of carbonyl (C=O) groups is 1. The number of amides is 1. The first-order chi connectivity index (χ1) is 11.7. The van der Waals surface area contributed by atoms with Crippen LogP contribution in [0.1, 0.15) is 34.6 Å². The molecule has 3 aromatic rings. The Morgan fingerprint density at radius 1 is 1.21 bits per heavy atom. The molecule has 2 aromatic heterocycles. The van der Waals surface area contributed by atoms with E-state index >= 15 is 0 Å². The van der Waals surface area contributed by atoms with Gasteiger partial charge in [-0.25, -0.2) is 0 Å². The molecule has 6 nitrogen and oxygen atoms in total. The smallest absolute Gasteiger partial charge is 0.251 e. The summed E-state index contributed by atoms with van der Waals surface area (Å²) in [6.07, 6.45) is 5.31. The van der Waals surface area contributed by atoms with Crippen LogP contribution in [-0.2, 0) is 19.4 Å². The maximum atomic E-state index is 12.1. The minimum atomic E-state index is -0.0956. The molecule has 24 heavy (non-hydrogen) atoms. The van der Waals surface area contributed by atoms with E-state index in [0.717, 1.165) is 12.1 Å². The molecule has 3 rings (SSSR count). The molecule has 124 valence electrons. The van der Waals surface area contributed by atoms with Crippen molar-refractivity contribution in [1.29, 1.82) is 0 Å². The largest absolute Gasteiger partial charge is 0.352 e. The lowest BCUT2D eigenvalue weighted by Crippen LogP contribution is -2.25. The Bertz CT molecular complexity index is 776. The van der Waals surface area contributed by atoms with Crippen LogP contribution in [0.15, 0.2) is 53.3 Å². The summed E-state index contributed by atoms with van der Waals surface area (Å²) in [7, 11) is 0. The highest BCUT2D eigenvalue weighted by Gasteiger charge is 2.07. The van der Waals surface area contributed by atoms with Gasteiger partial charge in [-0.05, 0) is 29.8 Å². The molecule has 0 radical (unpaired) electrons. The third kappa shape index (κ3) is 4.10. The minimum Gasteiger partial charge on any atom is -0.352 e. The highest BCUT2D eigenvalue weighted by Crippen LogP contribution is 2.07. The van der Waals surface area contributed by atoms with Gasteiger partial charge in [-0.15, -0.1) is 0 Å². The average molecular weight is 324 g/mol. The van der Waals surface area contributed by atoms with Gasteiger partial charge in [-0.3, -0.25) is 4.79 Å². The van der Waals surface area contributed by atoms with Crippen LogP contribution < -0.4 is 5.32 Å². The van der Waals surface area contributed by atoms with Gasteiger partial charge in [0.1, 0.15) is 0 Å². The summed E-state index contributed by atoms with van der Waals surface area (Å²) in [5.41, 5.74) is 1.80. The first-order valence-corrected chi connectivity index (χ1v) is 8.04. The zero-order valence-corrected chi connectivity index (χ0v) is 13.6. The van der Waals surface area contributed by atoms with E-state index in [1.807, 2.05) is 55.7 Å². The van der Waals surface area contributed by atoms with Crippen molar-refractivity contribution >= 4 is 5.91 Å². The number of aromatic nitrogens is 3. The summed E-state index contributed by atoms with van der Waals surface area (Å²) >= 11 is 0. The number of aryl methyl sites for hydroxylation is 1. The van der Waals surface area contributed by atoms with Crippen LogP contribution >= 0.6 is 0 Å². The number of hydrogen-bond donors (Lipinski definition) is 1. The van der Waals surface area contributed by atoms with Crippen molar-refractivity contribution in [2.75, 3.05) is 6.54 Å². The highest BCUT2D eigenvalue weighted by atomic mass is 16.5. The Morgan fingerprint density at radius 2 is 1.96 bits per heavy atom. The second-order valence-corrected chi connectivity index (χ2v) is 5.52. The molecule has 1 N–H and O–H groups in total. The van der Waals surface area contributed by atoms with E-state index in [1.165, 1.54) is 0 Å². The molecular weight excluding hydrogens is 304 g/mol. The number of nitrogens with one attached hydrogen (secondary N) is 1. The van der Waals surface area contributed by atoms with Gasteiger partial charge in [0, 0.05) is 43.9 Å². The molecule has 0 aliphatic carbocycles. The van der Waals surface area contributed by atoms with Crippen molar-refractivity contribution < 1.29 is 9.32 Å². The van der Waals surface area contributed by atoms with Crippen molar-refractivity contribution in [1.82, 2.24) is 20.0 Å². The quantitative estimate of drug-likeness (QED) is 0.724.